The van der Waals surface area contributed by atoms with Gasteiger partial charge >= 0.3 is 0 Å². The van der Waals surface area contributed by atoms with Crippen molar-refractivity contribution in [3.63, 3.8) is 0 Å². The van der Waals surface area contributed by atoms with E-state index in [-0.39, 0.29) is 0 Å². The van der Waals surface area contributed by atoms with Crippen LogP contribution in [0.15, 0.2) is 79.0 Å². The predicted octanol–water partition coefficient (Wildman–Crippen LogP) is 8.09. The van der Waals surface area contributed by atoms with Gasteiger partial charge in [0.2, 0.25) is 0 Å². The maximum Gasteiger partial charge on any atom is 0.112 e. The molecule has 1 aliphatic rings. The summed E-state index contributed by atoms with van der Waals surface area (Å²) in [5.74, 6) is 1.98. The third-order valence-electron chi connectivity index (χ3n) is 7.58. The standard InChI is InChI=1S/C32H39N3/c1-2-3-21-35-30(22-33-32(35)28-16-8-5-9-17-28)25-34(23-26-13-6-4-7-14-26)24-29-19-12-18-27-15-10-11-20-31(27)29/h4,6-7,10-15,18-20,22,28H,2-3,5,8-9,16-17,21,23-25H2,1H3. The monoisotopic (exact) mass is 465 g/mol. The number of unbranched alkanes of at least 4 members (excludes halogenated alkanes) is 1. The molecular formula is C32H39N3. The van der Waals surface area contributed by atoms with Gasteiger partial charge in [0.05, 0.1) is 5.69 Å². The van der Waals surface area contributed by atoms with Gasteiger partial charge in [-0.25, -0.2) is 4.98 Å². The van der Waals surface area contributed by atoms with Crippen molar-refractivity contribution in [2.45, 2.75) is 84.0 Å². The summed E-state index contributed by atoms with van der Waals surface area (Å²) >= 11 is 0. The summed E-state index contributed by atoms with van der Waals surface area (Å²) in [6.07, 6.45) is 11.3. The van der Waals surface area contributed by atoms with Crippen molar-refractivity contribution in [2.24, 2.45) is 0 Å². The van der Waals surface area contributed by atoms with E-state index in [0.717, 1.165) is 26.2 Å². The summed E-state index contributed by atoms with van der Waals surface area (Å²) < 4.78 is 2.58. The average molecular weight is 466 g/mol. The van der Waals surface area contributed by atoms with Crippen LogP contribution in [0.4, 0.5) is 0 Å². The highest BCUT2D eigenvalue weighted by Gasteiger charge is 2.23. The molecule has 0 amide bonds. The molecule has 1 saturated carbocycles. The van der Waals surface area contributed by atoms with Gasteiger partial charge in [0.1, 0.15) is 5.82 Å². The Bertz CT molecular complexity index is 1200. The lowest BCUT2D eigenvalue weighted by atomic mass is 9.88. The molecule has 0 N–H and O–H groups in total. The number of rotatable bonds is 10. The number of nitrogens with zero attached hydrogens (tertiary/aromatic N) is 3. The van der Waals surface area contributed by atoms with Gasteiger partial charge in [-0.3, -0.25) is 4.90 Å². The van der Waals surface area contributed by atoms with Gasteiger partial charge in [0.15, 0.2) is 0 Å². The molecule has 35 heavy (non-hydrogen) atoms. The van der Waals surface area contributed by atoms with Crippen molar-refractivity contribution in [3.05, 3.63) is 102 Å². The van der Waals surface area contributed by atoms with Crippen LogP contribution in [0.3, 0.4) is 0 Å². The molecule has 1 aromatic heterocycles. The molecule has 1 heterocycles. The van der Waals surface area contributed by atoms with Gasteiger partial charge in [-0.1, -0.05) is 105 Å². The molecule has 0 saturated heterocycles. The van der Waals surface area contributed by atoms with E-state index in [1.54, 1.807) is 0 Å². The number of aromatic nitrogens is 2. The fourth-order valence-corrected chi connectivity index (χ4v) is 5.72. The van der Waals surface area contributed by atoms with E-state index in [0.29, 0.717) is 5.92 Å². The van der Waals surface area contributed by atoms with E-state index < -0.39 is 0 Å². The van der Waals surface area contributed by atoms with Crippen LogP contribution in [0.5, 0.6) is 0 Å². The Balaban J connectivity index is 1.45. The zero-order valence-corrected chi connectivity index (χ0v) is 21.2. The van der Waals surface area contributed by atoms with Crippen LogP contribution >= 0.6 is 0 Å². The average Bonchev–Trinajstić information content (AvgIpc) is 3.31. The Morgan fingerprint density at radius 3 is 2.43 bits per heavy atom. The van der Waals surface area contributed by atoms with Gasteiger partial charge in [-0.2, -0.15) is 0 Å². The highest BCUT2D eigenvalue weighted by atomic mass is 15.2. The highest BCUT2D eigenvalue weighted by Crippen LogP contribution is 2.33. The zero-order valence-electron chi connectivity index (χ0n) is 21.2. The van der Waals surface area contributed by atoms with Crippen molar-refractivity contribution < 1.29 is 0 Å². The molecular weight excluding hydrogens is 426 g/mol. The number of hydrogen-bond acceptors (Lipinski definition) is 2. The van der Waals surface area contributed by atoms with E-state index in [2.05, 4.69) is 95.4 Å². The Morgan fingerprint density at radius 1 is 0.829 bits per heavy atom. The van der Waals surface area contributed by atoms with Gasteiger partial charge in [0.25, 0.3) is 0 Å². The molecule has 182 valence electrons. The first kappa shape index (κ1) is 23.8. The summed E-state index contributed by atoms with van der Waals surface area (Å²) in [5, 5.41) is 2.67. The van der Waals surface area contributed by atoms with Crippen molar-refractivity contribution >= 4 is 10.8 Å². The summed E-state index contributed by atoms with van der Waals surface area (Å²) in [4.78, 5) is 7.64. The fraction of sp³-hybridized carbons (Fsp3) is 0.406. The maximum atomic E-state index is 5.05. The normalized spacial score (nSPS) is 14.7. The van der Waals surface area contributed by atoms with Gasteiger partial charge in [-0.15, -0.1) is 0 Å². The van der Waals surface area contributed by atoms with E-state index >= 15 is 0 Å². The highest BCUT2D eigenvalue weighted by molar-refractivity contribution is 5.85. The molecule has 3 nitrogen and oxygen atoms in total. The lowest BCUT2D eigenvalue weighted by molar-refractivity contribution is 0.241. The Labute approximate surface area is 210 Å². The molecule has 5 rings (SSSR count). The predicted molar refractivity (Wildman–Crippen MR) is 146 cm³/mol. The summed E-state index contributed by atoms with van der Waals surface area (Å²) in [7, 11) is 0. The fourth-order valence-electron chi connectivity index (χ4n) is 5.72. The Morgan fingerprint density at radius 2 is 1.60 bits per heavy atom. The molecule has 1 fully saturated rings. The van der Waals surface area contributed by atoms with Crippen molar-refractivity contribution in [1.82, 2.24) is 14.5 Å². The maximum absolute atomic E-state index is 5.05. The lowest BCUT2D eigenvalue weighted by Gasteiger charge is -2.26. The van der Waals surface area contributed by atoms with Crippen LogP contribution in [-0.2, 0) is 26.2 Å². The molecule has 0 spiro atoms. The molecule has 3 heteroatoms. The summed E-state index contributed by atoms with van der Waals surface area (Å²) in [6.45, 7) is 6.15. The number of benzene rings is 3. The molecule has 3 aromatic carbocycles. The van der Waals surface area contributed by atoms with E-state index in [1.807, 2.05) is 0 Å². The van der Waals surface area contributed by atoms with Crippen LogP contribution < -0.4 is 0 Å². The second-order valence-corrected chi connectivity index (χ2v) is 10.2. The molecule has 4 aromatic rings. The minimum atomic E-state index is 0.634. The third kappa shape index (κ3) is 5.85. The molecule has 0 atom stereocenters. The van der Waals surface area contributed by atoms with E-state index in [9.17, 15) is 0 Å². The number of imidazole rings is 1. The van der Waals surface area contributed by atoms with Crippen LogP contribution in [-0.4, -0.2) is 14.5 Å². The van der Waals surface area contributed by atoms with E-state index in [1.165, 1.54) is 78.4 Å². The van der Waals surface area contributed by atoms with Crippen LogP contribution in [0.2, 0.25) is 0 Å². The summed E-state index contributed by atoms with van der Waals surface area (Å²) in [6, 6.07) is 26.4. The number of hydrogen-bond donors (Lipinski definition) is 0. The summed E-state index contributed by atoms with van der Waals surface area (Å²) in [5.41, 5.74) is 4.13. The van der Waals surface area contributed by atoms with Gasteiger partial charge in [-0.05, 0) is 41.2 Å². The Kier molecular flexibility index (Phi) is 7.95. The van der Waals surface area contributed by atoms with Gasteiger partial charge in [0, 0.05) is 38.3 Å². The van der Waals surface area contributed by atoms with Crippen LogP contribution in [0, 0.1) is 0 Å². The van der Waals surface area contributed by atoms with Crippen molar-refractivity contribution in [2.75, 3.05) is 0 Å². The molecule has 0 radical (unpaired) electrons. The topological polar surface area (TPSA) is 21.1 Å². The molecule has 0 bridgehead atoms. The lowest BCUT2D eigenvalue weighted by Crippen LogP contribution is -2.25. The second-order valence-electron chi connectivity index (χ2n) is 10.2. The van der Waals surface area contributed by atoms with E-state index in [4.69, 9.17) is 4.98 Å². The SMILES string of the molecule is CCCCn1c(CN(Cc2ccccc2)Cc2cccc3ccccc23)cnc1C1CCCCC1. The van der Waals surface area contributed by atoms with Crippen LogP contribution in [0.1, 0.15) is 80.4 Å². The first-order chi connectivity index (χ1) is 17.3. The zero-order chi connectivity index (χ0) is 23.9. The molecule has 0 aliphatic heterocycles. The quantitative estimate of drug-likeness (QED) is 0.236. The van der Waals surface area contributed by atoms with Gasteiger partial charge < -0.3 is 4.57 Å². The number of fused-ring (bicyclic) bond motifs is 1. The Hall–Kier alpha value is -2.91. The third-order valence-corrected chi connectivity index (χ3v) is 7.58. The molecule has 0 unspecified atom stereocenters. The minimum absolute atomic E-state index is 0.634. The van der Waals surface area contributed by atoms with Crippen molar-refractivity contribution in [3.8, 4) is 0 Å². The smallest absolute Gasteiger partial charge is 0.112 e. The largest absolute Gasteiger partial charge is 0.331 e. The second kappa shape index (κ2) is 11.7. The first-order valence-electron chi connectivity index (χ1n) is 13.6. The first-order valence-corrected chi connectivity index (χ1v) is 13.6. The van der Waals surface area contributed by atoms with Crippen LogP contribution in [0.25, 0.3) is 10.8 Å². The minimum Gasteiger partial charge on any atom is -0.331 e. The molecule has 1 aliphatic carbocycles. The van der Waals surface area contributed by atoms with Crippen molar-refractivity contribution in [1.29, 1.82) is 0 Å².